The van der Waals surface area contributed by atoms with Crippen molar-refractivity contribution in [3.8, 4) is 0 Å². The summed E-state index contributed by atoms with van der Waals surface area (Å²) in [6, 6.07) is 18.6. The van der Waals surface area contributed by atoms with Crippen LogP contribution in [-0.4, -0.2) is 47.0 Å². The van der Waals surface area contributed by atoms with E-state index in [0.717, 1.165) is 29.7 Å². The number of nitrogens with zero attached hydrogens (tertiary/aromatic N) is 3. The number of halogens is 1. The summed E-state index contributed by atoms with van der Waals surface area (Å²) in [4.78, 5) is 29.9. The second-order valence-corrected chi connectivity index (χ2v) is 14.7. The van der Waals surface area contributed by atoms with Gasteiger partial charge in [-0.25, -0.2) is 18.2 Å². The van der Waals surface area contributed by atoms with Crippen LogP contribution in [0.3, 0.4) is 0 Å². The quantitative estimate of drug-likeness (QED) is 0.206. The second-order valence-electron chi connectivity index (χ2n) is 12.4. The molecule has 3 aromatic rings. The summed E-state index contributed by atoms with van der Waals surface area (Å²) in [6.07, 6.45) is 2.40. The fourth-order valence-corrected chi connectivity index (χ4v) is 6.11. The number of carboxylic acid groups (broad SMARTS) is 1. The number of amides is 1. The van der Waals surface area contributed by atoms with Crippen molar-refractivity contribution < 1.29 is 27.9 Å². The average molecular weight is 644 g/mol. The lowest BCUT2D eigenvalue weighted by molar-refractivity contribution is -0.135. The van der Waals surface area contributed by atoms with Gasteiger partial charge in [0.15, 0.2) is 0 Å². The largest absolute Gasteiger partial charge is 0.480 e. The number of rotatable bonds is 13. The summed E-state index contributed by atoms with van der Waals surface area (Å²) in [6.45, 7) is 10.8. The molecule has 0 fully saturated rings. The molecule has 0 saturated heterocycles. The number of carbonyl (C=O) groups excluding carboxylic acids is 1. The first kappa shape index (κ1) is 35.0. The standard InChI is InChI=1S/C33H42ClN3O6S/c1-7-8-20-33(5,6)25-14-12-24(13-15-25)21-36(44(41,42)28-18-16-26(34)17-19-28)22-27-10-9-11-29(35-27)37(23-30(38)39)31(40)43-32(2,3)4/h9-19H,7-8,20-23H2,1-6H3,(H,38,39). The third kappa shape index (κ3) is 9.77. The van der Waals surface area contributed by atoms with Crippen molar-refractivity contribution in [2.24, 2.45) is 0 Å². The lowest BCUT2D eigenvalue weighted by Gasteiger charge is -2.27. The van der Waals surface area contributed by atoms with Crippen molar-refractivity contribution in [3.05, 3.63) is 88.6 Å². The van der Waals surface area contributed by atoms with E-state index in [1.165, 1.54) is 40.2 Å². The molecule has 1 heterocycles. The van der Waals surface area contributed by atoms with Gasteiger partial charge in [0.05, 0.1) is 17.1 Å². The van der Waals surface area contributed by atoms with E-state index in [2.05, 4.69) is 25.8 Å². The number of carbonyl (C=O) groups is 2. The van der Waals surface area contributed by atoms with E-state index in [1.54, 1.807) is 32.9 Å². The first-order valence-electron chi connectivity index (χ1n) is 14.6. The summed E-state index contributed by atoms with van der Waals surface area (Å²) in [5.41, 5.74) is 1.41. The van der Waals surface area contributed by atoms with Gasteiger partial charge >= 0.3 is 12.1 Å². The van der Waals surface area contributed by atoms with Gasteiger partial charge in [0, 0.05) is 11.6 Å². The Hall–Kier alpha value is -3.47. The highest BCUT2D eigenvalue weighted by atomic mass is 35.5. The number of benzene rings is 2. The van der Waals surface area contributed by atoms with E-state index < -0.39 is 34.2 Å². The van der Waals surface area contributed by atoms with Gasteiger partial charge in [0.2, 0.25) is 10.0 Å². The maximum Gasteiger partial charge on any atom is 0.416 e. The van der Waals surface area contributed by atoms with E-state index in [4.69, 9.17) is 16.3 Å². The van der Waals surface area contributed by atoms with Crippen molar-refractivity contribution in [1.29, 1.82) is 0 Å². The molecule has 0 saturated carbocycles. The third-order valence-corrected chi connectivity index (χ3v) is 9.07. The number of hydrogen-bond acceptors (Lipinski definition) is 6. The molecule has 0 aliphatic rings. The monoisotopic (exact) mass is 643 g/mol. The van der Waals surface area contributed by atoms with Crippen LogP contribution in [0.4, 0.5) is 10.6 Å². The Morgan fingerprint density at radius 2 is 1.57 bits per heavy atom. The van der Waals surface area contributed by atoms with Crippen molar-refractivity contribution in [2.75, 3.05) is 11.4 Å². The van der Waals surface area contributed by atoms with Crippen LogP contribution in [0.1, 0.15) is 77.6 Å². The van der Waals surface area contributed by atoms with E-state index in [-0.39, 0.29) is 29.2 Å². The molecule has 2 aromatic carbocycles. The highest BCUT2D eigenvalue weighted by molar-refractivity contribution is 7.89. The molecule has 1 N–H and O–H groups in total. The van der Waals surface area contributed by atoms with Crippen LogP contribution < -0.4 is 4.90 Å². The molecule has 238 valence electrons. The number of carboxylic acids is 1. The molecule has 0 bridgehead atoms. The van der Waals surface area contributed by atoms with E-state index >= 15 is 0 Å². The third-order valence-electron chi connectivity index (χ3n) is 7.02. The summed E-state index contributed by atoms with van der Waals surface area (Å²) >= 11 is 6.03. The Morgan fingerprint density at radius 1 is 0.932 bits per heavy atom. The minimum Gasteiger partial charge on any atom is -0.480 e. The van der Waals surface area contributed by atoms with Crippen molar-refractivity contribution >= 4 is 39.5 Å². The molecular formula is C33H42ClN3O6S. The van der Waals surface area contributed by atoms with Gasteiger partial charge in [-0.15, -0.1) is 0 Å². The maximum absolute atomic E-state index is 13.9. The summed E-state index contributed by atoms with van der Waals surface area (Å²) in [5.74, 6) is -1.22. The van der Waals surface area contributed by atoms with Gasteiger partial charge in [0.1, 0.15) is 18.0 Å². The predicted octanol–water partition coefficient (Wildman–Crippen LogP) is 7.42. The van der Waals surface area contributed by atoms with Crippen molar-refractivity contribution in [1.82, 2.24) is 9.29 Å². The van der Waals surface area contributed by atoms with Gasteiger partial charge in [0.25, 0.3) is 0 Å². The Bertz CT molecular complexity index is 1530. The zero-order chi connectivity index (χ0) is 32.7. The normalized spacial score (nSPS) is 12.3. The molecule has 0 aliphatic carbocycles. The van der Waals surface area contributed by atoms with Gasteiger partial charge in [-0.1, -0.05) is 75.5 Å². The molecule has 0 atom stereocenters. The molecule has 3 rings (SSSR count). The number of pyridine rings is 1. The number of unbranched alkanes of at least 4 members (excludes halogenated alkanes) is 1. The fraction of sp³-hybridized carbons (Fsp3) is 0.424. The molecule has 0 radical (unpaired) electrons. The summed E-state index contributed by atoms with van der Waals surface area (Å²) in [7, 11) is -4.02. The van der Waals surface area contributed by atoms with E-state index in [1.807, 2.05) is 24.3 Å². The number of sulfonamides is 1. The lowest BCUT2D eigenvalue weighted by Crippen LogP contribution is -2.40. The highest BCUT2D eigenvalue weighted by Crippen LogP contribution is 2.30. The van der Waals surface area contributed by atoms with Crippen LogP contribution in [-0.2, 0) is 38.1 Å². The van der Waals surface area contributed by atoms with Crippen LogP contribution in [0, 0.1) is 0 Å². The van der Waals surface area contributed by atoms with E-state index in [9.17, 15) is 23.1 Å². The van der Waals surface area contributed by atoms with Crippen LogP contribution in [0.2, 0.25) is 5.02 Å². The number of hydrogen-bond donors (Lipinski definition) is 1. The van der Waals surface area contributed by atoms with Gasteiger partial charge in [-0.2, -0.15) is 4.31 Å². The maximum atomic E-state index is 13.9. The van der Waals surface area contributed by atoms with Crippen LogP contribution in [0.5, 0.6) is 0 Å². The fourth-order valence-electron chi connectivity index (χ4n) is 4.59. The molecule has 0 spiro atoms. The molecular weight excluding hydrogens is 602 g/mol. The Labute approximate surface area is 265 Å². The zero-order valence-electron chi connectivity index (χ0n) is 26.2. The summed E-state index contributed by atoms with van der Waals surface area (Å²) in [5, 5.41) is 9.87. The van der Waals surface area contributed by atoms with Gasteiger partial charge in [-0.3, -0.25) is 9.69 Å². The highest BCUT2D eigenvalue weighted by Gasteiger charge is 2.29. The average Bonchev–Trinajstić information content (AvgIpc) is 2.94. The SMILES string of the molecule is CCCCC(C)(C)c1ccc(CN(Cc2cccc(N(CC(=O)O)C(=O)OC(C)(C)C)n2)S(=O)(=O)c2ccc(Cl)cc2)cc1. The van der Waals surface area contributed by atoms with Crippen molar-refractivity contribution in [3.63, 3.8) is 0 Å². The Morgan fingerprint density at radius 3 is 2.14 bits per heavy atom. The Kier molecular flexibility index (Phi) is 11.6. The number of ether oxygens (including phenoxy) is 1. The van der Waals surface area contributed by atoms with E-state index in [0.29, 0.717) is 10.7 Å². The molecule has 9 nitrogen and oxygen atoms in total. The first-order chi connectivity index (χ1) is 20.5. The number of aliphatic carboxylic acids is 1. The molecule has 0 unspecified atom stereocenters. The summed E-state index contributed by atoms with van der Waals surface area (Å²) < 4.78 is 34.5. The van der Waals surface area contributed by atoms with Crippen molar-refractivity contribution in [2.45, 2.75) is 89.8 Å². The molecule has 11 heteroatoms. The topological polar surface area (TPSA) is 117 Å². The number of anilines is 1. The van der Waals surface area contributed by atoms with Gasteiger partial charge < -0.3 is 9.84 Å². The minimum atomic E-state index is -4.02. The van der Waals surface area contributed by atoms with Crippen LogP contribution in [0.15, 0.2) is 71.6 Å². The first-order valence-corrected chi connectivity index (χ1v) is 16.4. The van der Waals surface area contributed by atoms with Crippen LogP contribution >= 0.6 is 11.6 Å². The van der Waals surface area contributed by atoms with Crippen LogP contribution in [0.25, 0.3) is 0 Å². The zero-order valence-corrected chi connectivity index (χ0v) is 27.8. The molecule has 44 heavy (non-hydrogen) atoms. The molecule has 0 aliphatic heterocycles. The Balaban J connectivity index is 1.98. The second kappa shape index (κ2) is 14.5. The predicted molar refractivity (Wildman–Crippen MR) is 172 cm³/mol. The minimum absolute atomic E-state index is 0.00999. The molecule has 1 aromatic heterocycles. The van der Waals surface area contributed by atoms with Gasteiger partial charge in [-0.05, 0) is 80.1 Å². The number of aromatic nitrogens is 1. The molecule has 1 amide bonds. The lowest BCUT2D eigenvalue weighted by atomic mass is 9.80. The smallest absolute Gasteiger partial charge is 0.416 e.